The largest absolute Gasteiger partial charge is 0.351 e. The smallest absolute Gasteiger partial charge is 0.251 e. The van der Waals surface area contributed by atoms with Crippen molar-refractivity contribution in [3.05, 3.63) is 29.8 Å². The molecule has 4 N–H and O–H groups in total. The highest BCUT2D eigenvalue weighted by molar-refractivity contribution is 5.95. The Morgan fingerprint density at radius 2 is 1.60 bits per heavy atom. The van der Waals surface area contributed by atoms with Gasteiger partial charge in [-0.1, -0.05) is 19.3 Å². The van der Waals surface area contributed by atoms with Crippen molar-refractivity contribution in [1.29, 1.82) is 0 Å². The molecule has 0 radical (unpaired) electrons. The molecule has 3 rings (SSSR count). The molecule has 170 valence electrons. The van der Waals surface area contributed by atoms with Gasteiger partial charge in [0.05, 0.1) is 0 Å². The first-order valence-corrected chi connectivity index (χ1v) is 10.7. The zero-order valence-corrected chi connectivity index (χ0v) is 19.3. The molecule has 1 aliphatic carbocycles. The molecule has 2 aliphatic rings. The third-order valence-corrected chi connectivity index (χ3v) is 6.23. The first-order chi connectivity index (χ1) is 13.6. The van der Waals surface area contributed by atoms with Gasteiger partial charge in [-0.25, -0.2) is 0 Å². The van der Waals surface area contributed by atoms with E-state index in [-0.39, 0.29) is 42.0 Å². The third-order valence-electron chi connectivity index (χ3n) is 6.23. The molecular weight excluding hydrogens is 423 g/mol. The number of nitrogens with one attached hydrogen (secondary N) is 2. The van der Waals surface area contributed by atoms with E-state index in [4.69, 9.17) is 5.73 Å². The fourth-order valence-electron chi connectivity index (χ4n) is 4.44. The van der Waals surface area contributed by atoms with Crippen LogP contribution in [0.5, 0.6) is 0 Å². The number of hydrogen-bond donors (Lipinski definition) is 3. The normalized spacial score (nSPS) is 18.0. The fourth-order valence-corrected chi connectivity index (χ4v) is 4.44. The Hall–Kier alpha value is -1.34. The van der Waals surface area contributed by atoms with Crippen molar-refractivity contribution in [2.24, 2.45) is 11.1 Å². The number of hydrogen-bond acceptors (Lipinski definition) is 4. The molecule has 2 amide bonds. The second-order valence-electron chi connectivity index (χ2n) is 8.37. The number of rotatable bonds is 8. The maximum atomic E-state index is 12.5. The number of amides is 2. The van der Waals surface area contributed by atoms with E-state index in [1.165, 1.54) is 19.3 Å². The van der Waals surface area contributed by atoms with Gasteiger partial charge in [0.25, 0.3) is 5.91 Å². The molecule has 0 unspecified atom stereocenters. The molecule has 1 aliphatic heterocycles. The van der Waals surface area contributed by atoms with E-state index in [0.717, 1.165) is 51.0 Å². The van der Waals surface area contributed by atoms with Gasteiger partial charge in [-0.15, -0.1) is 24.8 Å². The van der Waals surface area contributed by atoms with Gasteiger partial charge in [0, 0.05) is 30.8 Å². The molecular formula is C22H36Cl2N4O2. The lowest BCUT2D eigenvalue weighted by Gasteiger charge is -2.35. The monoisotopic (exact) mass is 458 g/mol. The van der Waals surface area contributed by atoms with Crippen molar-refractivity contribution in [2.45, 2.75) is 51.4 Å². The molecule has 2 fully saturated rings. The Bertz CT molecular complexity index is 658. The zero-order valence-electron chi connectivity index (χ0n) is 17.7. The van der Waals surface area contributed by atoms with Crippen LogP contribution in [0.2, 0.25) is 0 Å². The van der Waals surface area contributed by atoms with Crippen LogP contribution in [-0.2, 0) is 4.79 Å². The van der Waals surface area contributed by atoms with E-state index in [1.807, 2.05) is 0 Å². The molecule has 30 heavy (non-hydrogen) atoms. The van der Waals surface area contributed by atoms with Crippen LogP contribution >= 0.6 is 24.8 Å². The first kappa shape index (κ1) is 26.7. The number of carbonyl (C=O) groups is 2. The van der Waals surface area contributed by atoms with Gasteiger partial charge in [0.15, 0.2) is 0 Å². The minimum absolute atomic E-state index is 0. The van der Waals surface area contributed by atoms with Crippen LogP contribution in [0, 0.1) is 5.41 Å². The van der Waals surface area contributed by atoms with Gasteiger partial charge < -0.3 is 21.3 Å². The second-order valence-corrected chi connectivity index (χ2v) is 8.37. The van der Waals surface area contributed by atoms with Crippen molar-refractivity contribution >= 4 is 42.3 Å². The Kier molecular flexibility index (Phi) is 11.7. The third kappa shape index (κ3) is 7.73. The van der Waals surface area contributed by atoms with Crippen LogP contribution in [-0.4, -0.2) is 49.4 Å². The standard InChI is InChI=1S/C22H34N4O2.2ClH/c23-17-22(10-2-1-3-11-22)16-20(27)25-19-8-6-18(7-9-19)21(28)24-12-15-26-13-4-5-14-26;;/h6-9H,1-5,10-17,23H2,(H,24,28)(H,25,27);2*1H. The summed E-state index contributed by atoms with van der Waals surface area (Å²) in [4.78, 5) is 27.1. The quantitative estimate of drug-likeness (QED) is 0.555. The summed E-state index contributed by atoms with van der Waals surface area (Å²) in [5.74, 6) is -0.0588. The van der Waals surface area contributed by atoms with E-state index in [0.29, 0.717) is 25.1 Å². The lowest BCUT2D eigenvalue weighted by atomic mass is 9.71. The van der Waals surface area contributed by atoms with Gasteiger partial charge in [-0.05, 0) is 75.0 Å². The molecule has 1 aromatic carbocycles. The lowest BCUT2D eigenvalue weighted by Crippen LogP contribution is -2.36. The fraction of sp³-hybridized carbons (Fsp3) is 0.636. The highest BCUT2D eigenvalue weighted by Gasteiger charge is 2.32. The van der Waals surface area contributed by atoms with E-state index in [2.05, 4.69) is 15.5 Å². The average molecular weight is 459 g/mol. The molecule has 0 atom stereocenters. The van der Waals surface area contributed by atoms with Gasteiger partial charge in [0.1, 0.15) is 0 Å². The molecule has 1 saturated carbocycles. The maximum Gasteiger partial charge on any atom is 0.251 e. The summed E-state index contributed by atoms with van der Waals surface area (Å²) in [6.45, 7) is 4.41. The van der Waals surface area contributed by atoms with Crippen molar-refractivity contribution in [3.8, 4) is 0 Å². The summed E-state index contributed by atoms with van der Waals surface area (Å²) < 4.78 is 0. The Labute approximate surface area is 192 Å². The highest BCUT2D eigenvalue weighted by atomic mass is 35.5. The van der Waals surface area contributed by atoms with E-state index in [9.17, 15) is 9.59 Å². The summed E-state index contributed by atoms with van der Waals surface area (Å²) in [6, 6.07) is 7.12. The molecule has 6 nitrogen and oxygen atoms in total. The van der Waals surface area contributed by atoms with Crippen LogP contribution in [0.1, 0.15) is 61.7 Å². The van der Waals surface area contributed by atoms with Crippen LogP contribution < -0.4 is 16.4 Å². The average Bonchev–Trinajstić information content (AvgIpc) is 3.22. The minimum Gasteiger partial charge on any atom is -0.351 e. The molecule has 0 spiro atoms. The predicted octanol–water partition coefficient (Wildman–Crippen LogP) is 3.59. The predicted molar refractivity (Wildman–Crippen MR) is 127 cm³/mol. The van der Waals surface area contributed by atoms with Crippen LogP contribution in [0.4, 0.5) is 5.69 Å². The van der Waals surface area contributed by atoms with Crippen molar-refractivity contribution in [2.75, 3.05) is 38.0 Å². The number of halogens is 2. The highest BCUT2D eigenvalue weighted by Crippen LogP contribution is 2.38. The van der Waals surface area contributed by atoms with Gasteiger partial charge in [-0.3, -0.25) is 9.59 Å². The summed E-state index contributed by atoms with van der Waals surface area (Å²) in [5, 5.41) is 5.93. The van der Waals surface area contributed by atoms with Gasteiger partial charge in [0.2, 0.25) is 5.91 Å². The van der Waals surface area contributed by atoms with Gasteiger partial charge >= 0.3 is 0 Å². The van der Waals surface area contributed by atoms with Crippen LogP contribution in [0.15, 0.2) is 24.3 Å². The maximum absolute atomic E-state index is 12.5. The summed E-state index contributed by atoms with van der Waals surface area (Å²) in [5.41, 5.74) is 7.28. The molecule has 1 saturated heterocycles. The topological polar surface area (TPSA) is 87.5 Å². The summed E-state index contributed by atoms with van der Waals surface area (Å²) in [7, 11) is 0. The number of nitrogens with two attached hydrogens (primary N) is 1. The van der Waals surface area contributed by atoms with Crippen molar-refractivity contribution < 1.29 is 9.59 Å². The number of nitrogens with zero attached hydrogens (tertiary/aromatic N) is 1. The molecule has 1 heterocycles. The van der Waals surface area contributed by atoms with E-state index >= 15 is 0 Å². The Morgan fingerprint density at radius 1 is 0.967 bits per heavy atom. The van der Waals surface area contributed by atoms with Crippen molar-refractivity contribution in [3.63, 3.8) is 0 Å². The first-order valence-electron chi connectivity index (χ1n) is 10.7. The number of carbonyl (C=O) groups excluding carboxylic acids is 2. The summed E-state index contributed by atoms with van der Waals surface area (Å²) >= 11 is 0. The van der Waals surface area contributed by atoms with Crippen LogP contribution in [0.25, 0.3) is 0 Å². The molecule has 8 heteroatoms. The Morgan fingerprint density at radius 3 is 2.20 bits per heavy atom. The Balaban J connectivity index is 0.00000225. The van der Waals surface area contributed by atoms with Gasteiger partial charge in [-0.2, -0.15) is 0 Å². The molecule has 1 aromatic rings. The SMILES string of the molecule is Cl.Cl.NCC1(CC(=O)Nc2ccc(C(=O)NCCN3CCCC3)cc2)CCCCC1. The molecule has 0 bridgehead atoms. The van der Waals surface area contributed by atoms with E-state index in [1.54, 1.807) is 24.3 Å². The summed E-state index contributed by atoms with van der Waals surface area (Å²) in [6.07, 6.45) is 8.62. The zero-order chi connectivity index (χ0) is 19.8. The number of benzene rings is 1. The minimum atomic E-state index is -0.0682. The van der Waals surface area contributed by atoms with Crippen LogP contribution in [0.3, 0.4) is 0 Å². The lowest BCUT2D eigenvalue weighted by molar-refractivity contribution is -0.118. The number of likely N-dealkylation sites (tertiary alicyclic amines) is 1. The second kappa shape index (κ2) is 13.2. The molecule has 0 aromatic heterocycles. The van der Waals surface area contributed by atoms with E-state index < -0.39 is 0 Å². The number of anilines is 1. The van der Waals surface area contributed by atoms with Crippen molar-refractivity contribution in [1.82, 2.24) is 10.2 Å².